The highest BCUT2D eigenvalue weighted by Crippen LogP contribution is 2.31. The first-order valence-corrected chi connectivity index (χ1v) is 13.8. The molecule has 39 heavy (non-hydrogen) atoms. The largest absolute Gasteiger partial charge is 0.354 e. The highest BCUT2D eigenvalue weighted by molar-refractivity contribution is 6.08. The van der Waals surface area contributed by atoms with Crippen LogP contribution in [0.1, 0.15) is 54.0 Å². The first kappa shape index (κ1) is 26.7. The maximum atomic E-state index is 13.6. The fourth-order valence-electron chi connectivity index (χ4n) is 5.40. The van der Waals surface area contributed by atoms with Crippen molar-refractivity contribution in [3.8, 4) is 11.1 Å². The Morgan fingerprint density at radius 2 is 1.85 bits per heavy atom. The van der Waals surface area contributed by atoms with Crippen molar-refractivity contribution in [2.75, 3.05) is 38.1 Å². The van der Waals surface area contributed by atoms with Gasteiger partial charge in [0.25, 0.3) is 11.5 Å². The number of hydrogen-bond donors (Lipinski definition) is 2. The minimum atomic E-state index is -0.201. The average Bonchev–Trinajstić information content (AvgIpc) is 3.36. The molecule has 204 valence electrons. The SMILES string of the molecule is CCc1cc(C)[nH]c(=O)c1CNC(=O)c1cc(-c2ccc(N3CCN(C)CC3)nc2)cc2c1ccn2C(C)C. The van der Waals surface area contributed by atoms with Crippen molar-refractivity contribution in [3.05, 3.63) is 81.5 Å². The smallest absolute Gasteiger partial charge is 0.253 e. The van der Waals surface area contributed by atoms with Gasteiger partial charge in [0.05, 0.1) is 0 Å². The summed E-state index contributed by atoms with van der Waals surface area (Å²) in [6, 6.07) is 12.5. The number of carbonyl (C=O) groups is 1. The molecular weight excluding hydrogens is 488 g/mol. The molecule has 3 aromatic heterocycles. The van der Waals surface area contributed by atoms with E-state index in [1.165, 1.54) is 0 Å². The van der Waals surface area contributed by atoms with E-state index < -0.39 is 0 Å². The van der Waals surface area contributed by atoms with Gasteiger partial charge in [0.2, 0.25) is 0 Å². The Morgan fingerprint density at radius 3 is 2.51 bits per heavy atom. The minimum Gasteiger partial charge on any atom is -0.354 e. The van der Waals surface area contributed by atoms with Gasteiger partial charge < -0.3 is 24.7 Å². The normalized spacial score (nSPS) is 14.4. The number of likely N-dealkylation sites (N-methyl/N-ethyl adjacent to an activating group) is 1. The number of piperazine rings is 1. The fourth-order valence-corrected chi connectivity index (χ4v) is 5.40. The van der Waals surface area contributed by atoms with E-state index in [1.807, 2.05) is 44.4 Å². The van der Waals surface area contributed by atoms with Gasteiger partial charge in [0.1, 0.15) is 5.82 Å². The van der Waals surface area contributed by atoms with E-state index in [0.29, 0.717) is 11.1 Å². The molecule has 0 unspecified atom stereocenters. The quantitative estimate of drug-likeness (QED) is 0.370. The number of amides is 1. The number of fused-ring (bicyclic) bond motifs is 1. The summed E-state index contributed by atoms with van der Waals surface area (Å²) in [5.41, 5.74) is 5.72. The molecule has 0 bridgehead atoms. The summed E-state index contributed by atoms with van der Waals surface area (Å²) in [6.45, 7) is 12.3. The first-order valence-electron chi connectivity index (χ1n) is 13.8. The van der Waals surface area contributed by atoms with Crippen LogP contribution in [0.25, 0.3) is 22.0 Å². The molecule has 4 aromatic rings. The van der Waals surface area contributed by atoms with Gasteiger partial charge in [0.15, 0.2) is 0 Å². The molecule has 5 rings (SSSR count). The van der Waals surface area contributed by atoms with Gasteiger partial charge in [-0.05, 0) is 81.8 Å². The second-order valence-electron chi connectivity index (χ2n) is 10.8. The summed E-state index contributed by atoms with van der Waals surface area (Å²) in [5, 5.41) is 3.91. The zero-order valence-electron chi connectivity index (χ0n) is 23.5. The van der Waals surface area contributed by atoms with E-state index in [0.717, 1.165) is 71.7 Å². The Morgan fingerprint density at radius 1 is 1.08 bits per heavy atom. The zero-order chi connectivity index (χ0) is 27.7. The summed E-state index contributed by atoms with van der Waals surface area (Å²) >= 11 is 0. The van der Waals surface area contributed by atoms with Gasteiger partial charge >= 0.3 is 0 Å². The predicted octanol–water partition coefficient (Wildman–Crippen LogP) is 4.53. The van der Waals surface area contributed by atoms with Crippen LogP contribution in [-0.2, 0) is 13.0 Å². The van der Waals surface area contributed by atoms with Gasteiger partial charge in [-0.15, -0.1) is 0 Å². The number of nitrogens with one attached hydrogen (secondary N) is 2. The Labute approximate surface area is 229 Å². The first-order chi connectivity index (χ1) is 18.7. The second kappa shape index (κ2) is 11.1. The summed E-state index contributed by atoms with van der Waals surface area (Å²) < 4.78 is 2.18. The van der Waals surface area contributed by atoms with Crippen molar-refractivity contribution in [1.29, 1.82) is 0 Å². The molecule has 1 aliphatic heterocycles. The third-order valence-corrected chi connectivity index (χ3v) is 7.72. The number of carbonyl (C=O) groups excluding carboxylic acids is 1. The van der Waals surface area contributed by atoms with Crippen LogP contribution in [0.15, 0.2) is 53.6 Å². The number of nitrogens with zero attached hydrogens (tertiary/aromatic N) is 4. The Hall–Kier alpha value is -3.91. The van der Waals surface area contributed by atoms with E-state index in [-0.39, 0.29) is 24.1 Å². The van der Waals surface area contributed by atoms with Crippen molar-refractivity contribution in [3.63, 3.8) is 0 Å². The van der Waals surface area contributed by atoms with Crippen molar-refractivity contribution in [2.45, 2.75) is 46.7 Å². The van der Waals surface area contributed by atoms with Crippen LogP contribution < -0.4 is 15.8 Å². The van der Waals surface area contributed by atoms with Crippen LogP contribution in [0, 0.1) is 6.92 Å². The highest BCUT2D eigenvalue weighted by atomic mass is 16.1. The molecule has 4 heterocycles. The molecule has 1 saturated heterocycles. The van der Waals surface area contributed by atoms with Crippen molar-refractivity contribution < 1.29 is 4.79 Å². The second-order valence-corrected chi connectivity index (χ2v) is 10.8. The molecule has 0 saturated carbocycles. The van der Waals surface area contributed by atoms with Gasteiger partial charge in [-0.25, -0.2) is 4.98 Å². The number of aryl methyl sites for hydroxylation is 2. The fraction of sp³-hybridized carbons (Fsp3) is 0.387. The van der Waals surface area contributed by atoms with E-state index in [2.05, 4.69) is 63.8 Å². The predicted molar refractivity (Wildman–Crippen MR) is 158 cm³/mol. The van der Waals surface area contributed by atoms with Gasteiger partial charge in [-0.1, -0.05) is 6.92 Å². The lowest BCUT2D eigenvalue weighted by atomic mass is 10.00. The van der Waals surface area contributed by atoms with Crippen LogP contribution in [0.3, 0.4) is 0 Å². The standard InChI is InChI=1S/C31H38N6O2/c1-6-22-15-21(4)34-31(39)27(22)19-33-30(38)26-16-24(17-28-25(26)9-10-37(28)20(2)3)23-7-8-29(32-18-23)36-13-11-35(5)12-14-36/h7-10,15-18,20H,6,11-14,19H2,1-5H3,(H,33,38)(H,34,39). The average molecular weight is 527 g/mol. The monoisotopic (exact) mass is 526 g/mol. The third-order valence-electron chi connectivity index (χ3n) is 7.72. The molecule has 0 spiro atoms. The Bertz CT molecular complexity index is 1540. The van der Waals surface area contributed by atoms with E-state index in [1.54, 1.807) is 0 Å². The number of aromatic amines is 1. The van der Waals surface area contributed by atoms with Crippen LogP contribution in [0.2, 0.25) is 0 Å². The van der Waals surface area contributed by atoms with Crippen LogP contribution in [0.4, 0.5) is 5.82 Å². The van der Waals surface area contributed by atoms with Gasteiger partial charge in [-0.3, -0.25) is 9.59 Å². The molecule has 8 heteroatoms. The molecule has 8 nitrogen and oxygen atoms in total. The lowest BCUT2D eigenvalue weighted by Crippen LogP contribution is -2.44. The number of hydrogen-bond acceptors (Lipinski definition) is 5. The van der Waals surface area contributed by atoms with E-state index in [4.69, 9.17) is 4.98 Å². The number of aromatic nitrogens is 3. The van der Waals surface area contributed by atoms with Gasteiger partial charge in [0, 0.05) is 84.4 Å². The maximum Gasteiger partial charge on any atom is 0.253 e. The Balaban J connectivity index is 1.48. The van der Waals surface area contributed by atoms with Gasteiger partial charge in [-0.2, -0.15) is 0 Å². The van der Waals surface area contributed by atoms with Crippen molar-refractivity contribution in [1.82, 2.24) is 24.8 Å². The number of H-pyrrole nitrogens is 1. The van der Waals surface area contributed by atoms with E-state index >= 15 is 0 Å². The molecule has 2 N–H and O–H groups in total. The molecule has 1 aromatic carbocycles. The molecule has 0 radical (unpaired) electrons. The number of pyridine rings is 2. The molecule has 0 aliphatic carbocycles. The lowest BCUT2D eigenvalue weighted by Gasteiger charge is -2.33. The zero-order valence-corrected chi connectivity index (χ0v) is 23.5. The molecular formula is C31H38N6O2. The summed E-state index contributed by atoms with van der Waals surface area (Å²) in [4.78, 5) is 38.5. The van der Waals surface area contributed by atoms with Crippen LogP contribution >= 0.6 is 0 Å². The van der Waals surface area contributed by atoms with Crippen molar-refractivity contribution >= 4 is 22.6 Å². The summed E-state index contributed by atoms with van der Waals surface area (Å²) in [6.07, 6.45) is 4.66. The maximum absolute atomic E-state index is 13.6. The molecule has 1 amide bonds. The van der Waals surface area contributed by atoms with Crippen LogP contribution in [-0.4, -0.2) is 58.6 Å². The summed E-state index contributed by atoms with van der Waals surface area (Å²) in [7, 11) is 2.15. The topological polar surface area (TPSA) is 86.3 Å². The highest BCUT2D eigenvalue weighted by Gasteiger charge is 2.19. The number of anilines is 1. The van der Waals surface area contributed by atoms with Crippen molar-refractivity contribution in [2.24, 2.45) is 0 Å². The molecule has 1 aliphatic rings. The number of benzene rings is 1. The molecule has 1 fully saturated rings. The van der Waals surface area contributed by atoms with Crippen LogP contribution in [0.5, 0.6) is 0 Å². The number of rotatable bonds is 7. The van der Waals surface area contributed by atoms with E-state index in [9.17, 15) is 9.59 Å². The Kier molecular flexibility index (Phi) is 7.57. The molecule has 0 atom stereocenters. The lowest BCUT2D eigenvalue weighted by molar-refractivity contribution is 0.0952. The minimum absolute atomic E-state index is 0.150. The third kappa shape index (κ3) is 5.47. The summed E-state index contributed by atoms with van der Waals surface area (Å²) in [5.74, 6) is 0.777.